The SMILES string of the molecule is Cc1ccc(C(N)c2ccc(C(C)C)n(C3CC3)c2=O)c(C)c1. The van der Waals surface area contributed by atoms with Crippen molar-refractivity contribution in [3.8, 4) is 0 Å². The molecule has 2 aromatic rings. The maximum atomic E-state index is 13.1. The second-order valence-corrected chi connectivity index (χ2v) is 7.11. The van der Waals surface area contributed by atoms with Gasteiger partial charge in [0.1, 0.15) is 0 Å². The van der Waals surface area contributed by atoms with Crippen molar-refractivity contribution in [3.63, 3.8) is 0 Å². The maximum absolute atomic E-state index is 13.1. The van der Waals surface area contributed by atoms with Gasteiger partial charge >= 0.3 is 0 Å². The summed E-state index contributed by atoms with van der Waals surface area (Å²) >= 11 is 0. The predicted molar refractivity (Wildman–Crippen MR) is 95.0 cm³/mol. The second-order valence-electron chi connectivity index (χ2n) is 7.11. The zero-order valence-corrected chi connectivity index (χ0v) is 14.5. The molecule has 0 aliphatic heterocycles. The third-order valence-corrected chi connectivity index (χ3v) is 4.78. The summed E-state index contributed by atoms with van der Waals surface area (Å²) in [6.07, 6.45) is 2.20. The monoisotopic (exact) mass is 310 g/mol. The fraction of sp³-hybridized carbons (Fsp3) is 0.450. The molecule has 1 aliphatic rings. The number of hydrogen-bond acceptors (Lipinski definition) is 2. The van der Waals surface area contributed by atoms with E-state index in [1.807, 2.05) is 16.7 Å². The van der Waals surface area contributed by atoms with Crippen molar-refractivity contribution in [1.29, 1.82) is 0 Å². The molecule has 1 atom stereocenters. The molecule has 122 valence electrons. The number of aromatic nitrogens is 1. The summed E-state index contributed by atoms with van der Waals surface area (Å²) in [4.78, 5) is 13.1. The summed E-state index contributed by atoms with van der Waals surface area (Å²) in [6.45, 7) is 8.40. The Labute approximate surface area is 138 Å². The predicted octanol–water partition coefficient (Wildman–Crippen LogP) is 3.97. The van der Waals surface area contributed by atoms with Gasteiger partial charge < -0.3 is 10.3 Å². The van der Waals surface area contributed by atoms with Gasteiger partial charge in [-0.2, -0.15) is 0 Å². The van der Waals surface area contributed by atoms with Gasteiger partial charge in [0.2, 0.25) is 0 Å². The summed E-state index contributed by atoms with van der Waals surface area (Å²) < 4.78 is 1.99. The number of nitrogens with zero attached hydrogens (tertiary/aromatic N) is 1. The standard InChI is InChI=1S/C20H26N2O/c1-12(2)18-10-9-17(20(23)22(18)15-6-7-15)19(21)16-8-5-13(3)11-14(16)4/h5,8-12,15,19H,6-7,21H2,1-4H3. The lowest BCUT2D eigenvalue weighted by Gasteiger charge is -2.20. The van der Waals surface area contributed by atoms with Crippen molar-refractivity contribution in [2.75, 3.05) is 0 Å². The highest BCUT2D eigenvalue weighted by Crippen LogP contribution is 2.36. The van der Waals surface area contributed by atoms with E-state index < -0.39 is 0 Å². The van der Waals surface area contributed by atoms with Gasteiger partial charge in [-0.1, -0.05) is 37.6 Å². The van der Waals surface area contributed by atoms with Crippen LogP contribution in [0.3, 0.4) is 0 Å². The zero-order chi connectivity index (χ0) is 16.7. The Kier molecular flexibility index (Phi) is 4.15. The molecular weight excluding hydrogens is 284 g/mol. The van der Waals surface area contributed by atoms with Gasteiger partial charge in [-0.25, -0.2) is 0 Å². The van der Waals surface area contributed by atoms with Crippen LogP contribution in [0.15, 0.2) is 35.1 Å². The number of hydrogen-bond donors (Lipinski definition) is 1. The molecule has 0 bridgehead atoms. The normalized spacial score (nSPS) is 15.9. The first-order valence-electron chi connectivity index (χ1n) is 8.48. The molecule has 1 aromatic carbocycles. The summed E-state index contributed by atoms with van der Waals surface area (Å²) in [6, 6.07) is 10.2. The Hall–Kier alpha value is -1.87. The van der Waals surface area contributed by atoms with Crippen LogP contribution in [0, 0.1) is 13.8 Å². The van der Waals surface area contributed by atoms with Gasteiger partial charge in [-0.15, -0.1) is 0 Å². The van der Waals surface area contributed by atoms with Crippen molar-refractivity contribution < 1.29 is 0 Å². The fourth-order valence-electron chi connectivity index (χ4n) is 3.34. The average Bonchev–Trinajstić information content (AvgIpc) is 3.30. The number of nitrogens with two attached hydrogens (primary N) is 1. The zero-order valence-electron chi connectivity index (χ0n) is 14.5. The molecule has 0 saturated heterocycles. The molecule has 2 N–H and O–H groups in total. The second kappa shape index (κ2) is 5.97. The van der Waals surface area contributed by atoms with E-state index >= 15 is 0 Å². The minimum absolute atomic E-state index is 0.0891. The van der Waals surface area contributed by atoms with E-state index in [-0.39, 0.29) is 11.6 Å². The molecule has 0 amide bonds. The molecule has 1 fully saturated rings. The number of rotatable bonds is 4. The van der Waals surface area contributed by atoms with E-state index in [0.717, 1.165) is 29.7 Å². The molecule has 1 heterocycles. The van der Waals surface area contributed by atoms with Crippen LogP contribution in [0.1, 0.15) is 72.6 Å². The van der Waals surface area contributed by atoms with Gasteiger partial charge in [0.25, 0.3) is 5.56 Å². The third-order valence-electron chi connectivity index (χ3n) is 4.78. The first-order chi connectivity index (χ1) is 10.9. The summed E-state index contributed by atoms with van der Waals surface area (Å²) in [5, 5.41) is 0. The molecule has 1 aliphatic carbocycles. The molecule has 1 unspecified atom stereocenters. The van der Waals surface area contributed by atoms with Crippen molar-refractivity contribution in [2.45, 2.75) is 58.5 Å². The first kappa shape index (κ1) is 16.0. The van der Waals surface area contributed by atoms with E-state index in [4.69, 9.17) is 5.73 Å². The topological polar surface area (TPSA) is 48.0 Å². The van der Waals surface area contributed by atoms with Crippen molar-refractivity contribution in [1.82, 2.24) is 4.57 Å². The van der Waals surface area contributed by atoms with E-state index in [0.29, 0.717) is 17.5 Å². The van der Waals surface area contributed by atoms with Crippen molar-refractivity contribution in [3.05, 3.63) is 68.6 Å². The van der Waals surface area contributed by atoms with E-state index in [1.54, 1.807) is 0 Å². The van der Waals surface area contributed by atoms with Gasteiger partial charge in [0, 0.05) is 17.3 Å². The lowest BCUT2D eigenvalue weighted by atomic mass is 9.94. The van der Waals surface area contributed by atoms with Crippen molar-refractivity contribution >= 4 is 0 Å². The van der Waals surface area contributed by atoms with Crippen LogP contribution in [-0.2, 0) is 0 Å². The first-order valence-corrected chi connectivity index (χ1v) is 8.48. The Morgan fingerprint density at radius 3 is 2.30 bits per heavy atom. The van der Waals surface area contributed by atoms with Gasteiger partial charge in [0.15, 0.2) is 0 Å². The van der Waals surface area contributed by atoms with E-state index in [1.165, 1.54) is 5.56 Å². The Bertz CT molecular complexity index is 785. The quantitative estimate of drug-likeness (QED) is 0.929. The highest BCUT2D eigenvalue weighted by atomic mass is 16.1. The minimum atomic E-state index is -0.366. The number of pyridine rings is 1. The van der Waals surface area contributed by atoms with E-state index in [2.05, 4.69) is 45.9 Å². The Morgan fingerprint density at radius 2 is 1.74 bits per heavy atom. The highest BCUT2D eigenvalue weighted by Gasteiger charge is 2.29. The molecule has 0 radical (unpaired) electrons. The molecule has 3 heteroatoms. The molecular formula is C20H26N2O. The molecule has 1 saturated carbocycles. The molecule has 23 heavy (non-hydrogen) atoms. The van der Waals surface area contributed by atoms with Crippen LogP contribution in [0.2, 0.25) is 0 Å². The van der Waals surface area contributed by atoms with Crippen molar-refractivity contribution in [2.24, 2.45) is 5.73 Å². The largest absolute Gasteiger partial charge is 0.320 e. The van der Waals surface area contributed by atoms with Crippen LogP contribution in [0.25, 0.3) is 0 Å². The van der Waals surface area contributed by atoms with Gasteiger partial charge in [-0.3, -0.25) is 4.79 Å². The molecule has 1 aromatic heterocycles. The number of aryl methyl sites for hydroxylation is 2. The van der Waals surface area contributed by atoms with Gasteiger partial charge in [-0.05, 0) is 55.9 Å². The Balaban J connectivity index is 2.09. The molecule has 0 spiro atoms. The van der Waals surface area contributed by atoms with Crippen LogP contribution < -0.4 is 11.3 Å². The lowest BCUT2D eigenvalue weighted by Crippen LogP contribution is -2.31. The molecule has 3 rings (SSSR count). The third kappa shape index (κ3) is 2.98. The summed E-state index contributed by atoms with van der Waals surface area (Å²) in [5.74, 6) is 0.342. The summed E-state index contributed by atoms with van der Waals surface area (Å²) in [7, 11) is 0. The minimum Gasteiger partial charge on any atom is -0.320 e. The smallest absolute Gasteiger partial charge is 0.256 e. The maximum Gasteiger partial charge on any atom is 0.256 e. The van der Waals surface area contributed by atoms with Crippen LogP contribution in [0.5, 0.6) is 0 Å². The lowest BCUT2D eigenvalue weighted by molar-refractivity contribution is 0.613. The van der Waals surface area contributed by atoms with Crippen LogP contribution in [0.4, 0.5) is 0 Å². The van der Waals surface area contributed by atoms with Crippen LogP contribution in [-0.4, -0.2) is 4.57 Å². The van der Waals surface area contributed by atoms with Gasteiger partial charge in [0.05, 0.1) is 6.04 Å². The van der Waals surface area contributed by atoms with Crippen LogP contribution >= 0.6 is 0 Å². The fourth-order valence-corrected chi connectivity index (χ4v) is 3.34. The summed E-state index contributed by atoms with van der Waals surface area (Å²) in [5.41, 5.74) is 11.8. The highest BCUT2D eigenvalue weighted by molar-refractivity contribution is 5.38. The number of benzene rings is 1. The Morgan fingerprint density at radius 1 is 1.09 bits per heavy atom. The average molecular weight is 310 g/mol. The van der Waals surface area contributed by atoms with E-state index in [9.17, 15) is 4.79 Å². The molecule has 3 nitrogen and oxygen atoms in total.